The zero-order valence-corrected chi connectivity index (χ0v) is 12.3. The average molecular weight is 258 g/mol. The first-order valence-corrected chi connectivity index (χ1v) is 6.46. The van der Waals surface area contributed by atoms with Gasteiger partial charge < -0.3 is 9.84 Å². The van der Waals surface area contributed by atoms with E-state index in [1.807, 2.05) is 13.8 Å². The number of aliphatic hydroxyl groups excluding tert-OH is 1. The Morgan fingerprint density at radius 2 is 1.67 bits per heavy atom. The van der Waals surface area contributed by atoms with Gasteiger partial charge in [-0.15, -0.1) is 0 Å². The van der Waals surface area contributed by atoms with Gasteiger partial charge in [-0.2, -0.15) is 0 Å². The lowest BCUT2D eigenvalue weighted by molar-refractivity contribution is -0.162. The lowest BCUT2D eigenvalue weighted by Crippen LogP contribution is -2.32. The number of rotatable bonds is 6. The molecule has 18 heavy (non-hydrogen) atoms. The van der Waals surface area contributed by atoms with E-state index in [0.717, 1.165) is 0 Å². The van der Waals surface area contributed by atoms with Gasteiger partial charge in [-0.3, -0.25) is 9.59 Å². The fraction of sp³-hybridized carbons (Fsp3) is 0.857. The molecule has 0 aromatic carbocycles. The summed E-state index contributed by atoms with van der Waals surface area (Å²) in [7, 11) is 0. The first-order valence-electron chi connectivity index (χ1n) is 6.46. The van der Waals surface area contributed by atoms with Gasteiger partial charge in [0.25, 0.3) is 0 Å². The molecule has 4 heteroatoms. The average Bonchev–Trinajstić information content (AvgIpc) is 2.14. The fourth-order valence-electron chi connectivity index (χ4n) is 1.43. The molecule has 0 aromatic heterocycles. The fourth-order valence-corrected chi connectivity index (χ4v) is 1.43. The topological polar surface area (TPSA) is 63.6 Å². The van der Waals surface area contributed by atoms with Crippen molar-refractivity contribution in [2.45, 2.75) is 66.6 Å². The minimum Gasteiger partial charge on any atom is -0.454 e. The van der Waals surface area contributed by atoms with Crippen molar-refractivity contribution in [2.75, 3.05) is 0 Å². The molecule has 4 nitrogen and oxygen atoms in total. The van der Waals surface area contributed by atoms with Gasteiger partial charge in [-0.05, 0) is 40.0 Å². The zero-order chi connectivity index (χ0) is 14.5. The van der Waals surface area contributed by atoms with Gasteiger partial charge in [-0.1, -0.05) is 13.8 Å². The van der Waals surface area contributed by atoms with E-state index in [-0.39, 0.29) is 12.2 Å². The molecule has 0 aliphatic rings. The molecular weight excluding hydrogens is 232 g/mol. The molecule has 0 fully saturated rings. The Balaban J connectivity index is 4.23. The minimum absolute atomic E-state index is 0.0385. The van der Waals surface area contributed by atoms with Crippen LogP contribution in [0.4, 0.5) is 0 Å². The summed E-state index contributed by atoms with van der Waals surface area (Å²) in [4.78, 5) is 23.4. The summed E-state index contributed by atoms with van der Waals surface area (Å²) in [5.74, 6) is -0.303. The number of hydrogen-bond donors (Lipinski definition) is 1. The summed E-state index contributed by atoms with van der Waals surface area (Å²) < 4.78 is 5.08. The number of carbonyl (C=O) groups is 2. The van der Waals surface area contributed by atoms with Crippen LogP contribution in [0.25, 0.3) is 0 Å². The molecule has 0 amide bonds. The van der Waals surface area contributed by atoms with Crippen LogP contribution in [0.3, 0.4) is 0 Å². The summed E-state index contributed by atoms with van der Waals surface area (Å²) in [6.07, 6.45) is -0.838. The van der Waals surface area contributed by atoms with Crippen LogP contribution in [0.2, 0.25) is 0 Å². The summed E-state index contributed by atoms with van der Waals surface area (Å²) >= 11 is 0. The number of hydrogen-bond acceptors (Lipinski definition) is 4. The Kier molecular flexibility index (Phi) is 6.54. The molecule has 1 N–H and O–H groups in total. The maximum absolute atomic E-state index is 11.8. The minimum atomic E-state index is -0.793. The maximum atomic E-state index is 11.8. The molecule has 0 saturated carbocycles. The molecule has 0 aromatic rings. The number of carbonyl (C=O) groups excluding carboxylic acids is 2. The Bertz CT molecular complexity index is 289. The lowest BCUT2D eigenvalue weighted by atomic mass is 9.97. The standard InChI is InChI=1S/C14H26O4/c1-9(2)7-11(15)8-12(16)10(3)18-13(17)14(4,5)6/h9-11,15H,7-8H2,1-6H3/t10-,11-/m0/s1. The van der Waals surface area contributed by atoms with E-state index < -0.39 is 23.6 Å². The molecule has 0 spiro atoms. The van der Waals surface area contributed by atoms with E-state index in [0.29, 0.717) is 12.3 Å². The third kappa shape index (κ3) is 6.74. The predicted octanol–water partition coefficient (Wildman–Crippen LogP) is 2.33. The number of esters is 1. The number of aliphatic hydroxyl groups is 1. The van der Waals surface area contributed by atoms with Crippen LogP contribution in [0.1, 0.15) is 54.4 Å². The molecule has 106 valence electrons. The molecule has 0 aliphatic heterocycles. The van der Waals surface area contributed by atoms with Crippen molar-refractivity contribution < 1.29 is 19.4 Å². The van der Waals surface area contributed by atoms with Crippen molar-refractivity contribution >= 4 is 11.8 Å². The molecule has 2 atom stereocenters. The van der Waals surface area contributed by atoms with Crippen molar-refractivity contribution in [3.8, 4) is 0 Å². The molecule has 0 unspecified atom stereocenters. The van der Waals surface area contributed by atoms with E-state index in [2.05, 4.69) is 0 Å². The predicted molar refractivity (Wildman–Crippen MR) is 70.1 cm³/mol. The highest BCUT2D eigenvalue weighted by Crippen LogP contribution is 2.17. The van der Waals surface area contributed by atoms with E-state index in [1.165, 1.54) is 0 Å². The number of ketones is 1. The second-order valence-corrected chi connectivity index (χ2v) is 6.25. The number of ether oxygens (including phenoxy) is 1. The molecule has 0 rings (SSSR count). The first kappa shape index (κ1) is 17.1. The van der Waals surface area contributed by atoms with Crippen molar-refractivity contribution in [3.63, 3.8) is 0 Å². The Hall–Kier alpha value is -0.900. The van der Waals surface area contributed by atoms with Crippen LogP contribution in [-0.4, -0.2) is 29.1 Å². The zero-order valence-electron chi connectivity index (χ0n) is 12.3. The largest absolute Gasteiger partial charge is 0.454 e. The highest BCUT2D eigenvalue weighted by atomic mass is 16.5. The summed E-state index contributed by atoms with van der Waals surface area (Å²) in [6, 6.07) is 0. The highest BCUT2D eigenvalue weighted by Gasteiger charge is 2.28. The highest BCUT2D eigenvalue weighted by molar-refractivity contribution is 5.86. The molecule has 0 radical (unpaired) electrons. The van der Waals surface area contributed by atoms with Crippen LogP contribution in [-0.2, 0) is 14.3 Å². The van der Waals surface area contributed by atoms with Gasteiger partial charge in [0, 0.05) is 6.42 Å². The summed E-state index contributed by atoms with van der Waals surface area (Å²) in [6.45, 7) is 10.7. The third-order valence-electron chi connectivity index (χ3n) is 2.53. The molecule has 0 heterocycles. The Morgan fingerprint density at radius 3 is 2.06 bits per heavy atom. The quantitative estimate of drug-likeness (QED) is 0.743. The smallest absolute Gasteiger partial charge is 0.311 e. The van der Waals surface area contributed by atoms with Crippen LogP contribution in [0.5, 0.6) is 0 Å². The van der Waals surface area contributed by atoms with Crippen LogP contribution < -0.4 is 0 Å². The van der Waals surface area contributed by atoms with Crippen molar-refractivity contribution in [3.05, 3.63) is 0 Å². The molecule has 0 bridgehead atoms. The van der Waals surface area contributed by atoms with Gasteiger partial charge in [0.05, 0.1) is 11.5 Å². The summed E-state index contributed by atoms with van der Waals surface area (Å²) in [5, 5.41) is 9.67. The Morgan fingerprint density at radius 1 is 1.17 bits per heavy atom. The monoisotopic (exact) mass is 258 g/mol. The van der Waals surface area contributed by atoms with E-state index in [4.69, 9.17) is 4.74 Å². The Labute approximate surface area is 110 Å². The second-order valence-electron chi connectivity index (χ2n) is 6.25. The van der Waals surface area contributed by atoms with Gasteiger partial charge >= 0.3 is 5.97 Å². The normalized spacial score (nSPS) is 15.3. The SMILES string of the molecule is CC(C)C[C@H](O)CC(=O)[C@H](C)OC(=O)C(C)(C)C. The second kappa shape index (κ2) is 6.88. The lowest BCUT2D eigenvalue weighted by Gasteiger charge is -2.21. The van der Waals surface area contributed by atoms with Crippen LogP contribution >= 0.6 is 0 Å². The first-order chi connectivity index (χ1) is 8.04. The van der Waals surface area contributed by atoms with E-state index >= 15 is 0 Å². The van der Waals surface area contributed by atoms with Crippen molar-refractivity contribution in [1.29, 1.82) is 0 Å². The van der Waals surface area contributed by atoms with Crippen LogP contribution in [0.15, 0.2) is 0 Å². The van der Waals surface area contributed by atoms with Crippen LogP contribution in [0, 0.1) is 11.3 Å². The van der Waals surface area contributed by atoms with E-state index in [1.54, 1.807) is 27.7 Å². The molecule has 0 aliphatic carbocycles. The molecule has 0 saturated heterocycles. The van der Waals surface area contributed by atoms with Gasteiger partial charge in [0.15, 0.2) is 11.9 Å². The molecular formula is C14H26O4. The van der Waals surface area contributed by atoms with E-state index in [9.17, 15) is 14.7 Å². The van der Waals surface area contributed by atoms with Crippen molar-refractivity contribution in [2.24, 2.45) is 11.3 Å². The van der Waals surface area contributed by atoms with Gasteiger partial charge in [0.1, 0.15) is 0 Å². The summed E-state index contributed by atoms with van der Waals surface area (Å²) in [5.41, 5.74) is -0.620. The van der Waals surface area contributed by atoms with Gasteiger partial charge in [-0.25, -0.2) is 0 Å². The van der Waals surface area contributed by atoms with Crippen molar-refractivity contribution in [1.82, 2.24) is 0 Å². The third-order valence-corrected chi connectivity index (χ3v) is 2.53. The number of Topliss-reactive ketones (excluding diaryl/α,β-unsaturated/α-hetero) is 1. The maximum Gasteiger partial charge on any atom is 0.311 e. The van der Waals surface area contributed by atoms with Gasteiger partial charge in [0.2, 0.25) is 0 Å².